The minimum absolute atomic E-state index is 0.113. The van der Waals surface area contributed by atoms with Crippen LogP contribution in [0.4, 0.5) is 0 Å². The number of esters is 1. The fourth-order valence-electron chi connectivity index (χ4n) is 2.53. The van der Waals surface area contributed by atoms with Gasteiger partial charge in [-0.1, -0.05) is 42.4 Å². The van der Waals surface area contributed by atoms with Crippen molar-refractivity contribution in [2.24, 2.45) is 11.3 Å². The summed E-state index contributed by atoms with van der Waals surface area (Å²) in [6, 6.07) is 0. The van der Waals surface area contributed by atoms with Crippen LogP contribution in [0.5, 0.6) is 0 Å². The number of carbonyl (C=O) groups excluding carboxylic acids is 1. The lowest BCUT2D eigenvalue weighted by Crippen LogP contribution is -2.22. The fraction of sp³-hybridized carbons (Fsp3) is 0.609. The Balaban J connectivity index is 4.58. The number of hydrogen-bond acceptors (Lipinski definition) is 3. The number of ether oxygens (including phenoxy) is 2. The molecule has 0 aliphatic rings. The van der Waals surface area contributed by atoms with E-state index >= 15 is 0 Å². The molecule has 0 aromatic carbocycles. The highest BCUT2D eigenvalue weighted by Gasteiger charge is 2.22. The molecular formula is C23H38O3. The fourth-order valence-corrected chi connectivity index (χ4v) is 2.53. The summed E-state index contributed by atoms with van der Waals surface area (Å²) in [5.41, 5.74) is 3.20. The van der Waals surface area contributed by atoms with Crippen molar-refractivity contribution in [2.45, 2.75) is 67.9 Å². The molecule has 0 spiro atoms. The molecule has 148 valence electrons. The van der Waals surface area contributed by atoms with Gasteiger partial charge in [-0.2, -0.15) is 0 Å². The molecule has 0 amide bonds. The summed E-state index contributed by atoms with van der Waals surface area (Å²) in [6.07, 6.45) is 11.5. The zero-order valence-electron chi connectivity index (χ0n) is 18.2. The molecule has 0 aliphatic carbocycles. The highest BCUT2D eigenvalue weighted by Crippen LogP contribution is 2.19. The van der Waals surface area contributed by atoms with E-state index in [1.807, 2.05) is 40.7 Å². The molecule has 0 radical (unpaired) electrons. The molecule has 0 unspecified atom stereocenters. The quantitative estimate of drug-likeness (QED) is 0.285. The van der Waals surface area contributed by atoms with Crippen LogP contribution >= 0.6 is 0 Å². The van der Waals surface area contributed by atoms with Crippen LogP contribution in [0.15, 0.2) is 47.1 Å². The maximum Gasteiger partial charge on any atom is 0.311 e. The van der Waals surface area contributed by atoms with Gasteiger partial charge in [0.2, 0.25) is 0 Å². The van der Waals surface area contributed by atoms with Gasteiger partial charge in [0.15, 0.2) is 0 Å². The van der Waals surface area contributed by atoms with E-state index in [2.05, 4.69) is 45.1 Å². The van der Waals surface area contributed by atoms with Crippen LogP contribution in [0.3, 0.4) is 0 Å². The van der Waals surface area contributed by atoms with Crippen LogP contribution in [-0.2, 0) is 14.3 Å². The van der Waals surface area contributed by atoms with Crippen LogP contribution in [0.2, 0.25) is 0 Å². The van der Waals surface area contributed by atoms with Crippen molar-refractivity contribution in [2.75, 3.05) is 13.7 Å². The minimum Gasteiger partial charge on any atom is -0.461 e. The SMILES string of the molecule is C/C=C(\C)[C@H](OC)[C@H](C)/C=C(C)/C=C/C/C(C)=C/COC(=O)C(C)(C)C. The summed E-state index contributed by atoms with van der Waals surface area (Å²) in [5.74, 6) is 0.142. The minimum atomic E-state index is -0.453. The van der Waals surface area contributed by atoms with Crippen molar-refractivity contribution in [3.63, 3.8) is 0 Å². The van der Waals surface area contributed by atoms with E-state index in [9.17, 15) is 4.79 Å². The summed E-state index contributed by atoms with van der Waals surface area (Å²) in [5, 5.41) is 0. The van der Waals surface area contributed by atoms with Crippen LogP contribution < -0.4 is 0 Å². The van der Waals surface area contributed by atoms with Gasteiger partial charge in [0.1, 0.15) is 6.61 Å². The Morgan fingerprint density at radius 3 is 2.27 bits per heavy atom. The molecule has 0 saturated heterocycles. The molecule has 0 aromatic heterocycles. The lowest BCUT2D eigenvalue weighted by molar-refractivity contribution is -0.151. The van der Waals surface area contributed by atoms with Gasteiger partial charge >= 0.3 is 5.97 Å². The lowest BCUT2D eigenvalue weighted by Gasteiger charge is -2.21. The molecule has 0 bridgehead atoms. The summed E-state index contributed by atoms with van der Waals surface area (Å²) in [6.45, 7) is 16.4. The zero-order valence-corrected chi connectivity index (χ0v) is 18.2. The monoisotopic (exact) mass is 362 g/mol. The highest BCUT2D eigenvalue weighted by molar-refractivity contribution is 5.75. The molecular weight excluding hydrogens is 324 g/mol. The van der Waals surface area contributed by atoms with Crippen LogP contribution in [0, 0.1) is 11.3 Å². The lowest BCUT2D eigenvalue weighted by atomic mass is 9.95. The predicted molar refractivity (Wildman–Crippen MR) is 111 cm³/mol. The van der Waals surface area contributed by atoms with Gasteiger partial charge in [0.25, 0.3) is 0 Å². The van der Waals surface area contributed by atoms with Gasteiger partial charge in [-0.15, -0.1) is 0 Å². The van der Waals surface area contributed by atoms with E-state index in [0.29, 0.717) is 12.5 Å². The molecule has 0 aromatic rings. The van der Waals surface area contributed by atoms with Crippen molar-refractivity contribution in [1.29, 1.82) is 0 Å². The van der Waals surface area contributed by atoms with E-state index in [0.717, 1.165) is 6.42 Å². The zero-order chi connectivity index (χ0) is 20.3. The van der Waals surface area contributed by atoms with Crippen LogP contribution in [0.1, 0.15) is 61.8 Å². The number of rotatable bonds is 9. The van der Waals surface area contributed by atoms with E-state index in [1.165, 1.54) is 16.7 Å². The molecule has 0 aliphatic heterocycles. The maximum atomic E-state index is 11.7. The summed E-state index contributed by atoms with van der Waals surface area (Å²) in [7, 11) is 1.76. The van der Waals surface area contributed by atoms with Crippen molar-refractivity contribution in [3.8, 4) is 0 Å². The molecule has 0 N–H and O–H groups in total. The second-order valence-corrected chi connectivity index (χ2v) is 7.96. The van der Waals surface area contributed by atoms with E-state index in [-0.39, 0.29) is 12.1 Å². The van der Waals surface area contributed by atoms with Crippen molar-refractivity contribution in [1.82, 2.24) is 0 Å². The maximum absolute atomic E-state index is 11.7. The molecule has 0 heterocycles. The number of methoxy groups -OCH3 is 1. The molecule has 0 rings (SSSR count). The van der Waals surface area contributed by atoms with Crippen LogP contribution in [-0.4, -0.2) is 25.8 Å². The van der Waals surface area contributed by atoms with Gasteiger partial charge in [0.05, 0.1) is 11.5 Å². The third kappa shape index (κ3) is 9.76. The van der Waals surface area contributed by atoms with Gasteiger partial charge in [-0.25, -0.2) is 0 Å². The topological polar surface area (TPSA) is 35.5 Å². The first-order valence-corrected chi connectivity index (χ1v) is 9.36. The predicted octanol–water partition coefficient (Wildman–Crippen LogP) is 6.03. The molecule has 0 fully saturated rings. The first-order chi connectivity index (χ1) is 12.0. The number of allylic oxidation sites excluding steroid dienone is 5. The Morgan fingerprint density at radius 2 is 1.77 bits per heavy atom. The summed E-state index contributed by atoms with van der Waals surface area (Å²) >= 11 is 0. The standard InChI is InChI=1S/C23H38O3/c1-10-19(4)21(25-9)20(5)16-18(3)13-11-12-17(2)14-15-26-22(24)23(6,7)8/h10-11,13-14,16,20-21H,12,15H2,1-9H3/b13-11+,17-14+,18-16+,19-10+/t20-,21+/m1/s1. The van der Waals surface area contributed by atoms with Crippen molar-refractivity contribution in [3.05, 3.63) is 47.1 Å². The Hall–Kier alpha value is -1.61. The molecule has 3 nitrogen and oxygen atoms in total. The number of hydrogen-bond donors (Lipinski definition) is 0. The first kappa shape index (κ1) is 24.4. The Morgan fingerprint density at radius 1 is 1.15 bits per heavy atom. The average Bonchev–Trinajstić information content (AvgIpc) is 2.54. The Kier molecular flexibility index (Phi) is 11.2. The Bertz CT molecular complexity index is 556. The Labute approximate surface area is 160 Å². The van der Waals surface area contributed by atoms with Gasteiger partial charge < -0.3 is 9.47 Å². The number of carbonyl (C=O) groups is 1. The van der Waals surface area contributed by atoms with Crippen molar-refractivity contribution < 1.29 is 14.3 Å². The van der Waals surface area contributed by atoms with Gasteiger partial charge in [-0.3, -0.25) is 4.79 Å². The molecule has 2 atom stereocenters. The van der Waals surface area contributed by atoms with Crippen LogP contribution in [0.25, 0.3) is 0 Å². The van der Waals surface area contributed by atoms with Crippen molar-refractivity contribution >= 4 is 5.97 Å². The van der Waals surface area contributed by atoms with E-state index in [1.54, 1.807) is 7.11 Å². The molecule has 0 saturated carbocycles. The molecule has 26 heavy (non-hydrogen) atoms. The largest absolute Gasteiger partial charge is 0.461 e. The smallest absolute Gasteiger partial charge is 0.311 e. The second kappa shape index (κ2) is 11.9. The highest BCUT2D eigenvalue weighted by atomic mass is 16.5. The third-order valence-electron chi connectivity index (χ3n) is 4.24. The van der Waals surface area contributed by atoms with Gasteiger partial charge in [-0.05, 0) is 66.5 Å². The average molecular weight is 363 g/mol. The normalized spacial score (nSPS) is 16.7. The first-order valence-electron chi connectivity index (χ1n) is 9.36. The van der Waals surface area contributed by atoms with Gasteiger partial charge in [0, 0.05) is 13.0 Å². The summed E-state index contributed by atoms with van der Waals surface area (Å²) < 4.78 is 10.9. The second-order valence-electron chi connectivity index (χ2n) is 7.96. The summed E-state index contributed by atoms with van der Waals surface area (Å²) in [4.78, 5) is 11.7. The van der Waals surface area contributed by atoms with E-state index in [4.69, 9.17) is 9.47 Å². The molecule has 3 heteroatoms. The third-order valence-corrected chi connectivity index (χ3v) is 4.24. The van der Waals surface area contributed by atoms with E-state index < -0.39 is 5.41 Å².